The van der Waals surface area contributed by atoms with Gasteiger partial charge in [-0.15, -0.1) is 0 Å². The molecule has 1 saturated heterocycles. The number of piperazine rings is 1. The van der Waals surface area contributed by atoms with Gasteiger partial charge in [0.2, 0.25) is 0 Å². The lowest BCUT2D eigenvalue weighted by Crippen LogP contribution is -2.43. The summed E-state index contributed by atoms with van der Waals surface area (Å²) in [6.45, 7) is 6.03. The summed E-state index contributed by atoms with van der Waals surface area (Å²) >= 11 is 0. The van der Waals surface area contributed by atoms with Crippen LogP contribution in [0.2, 0.25) is 0 Å². The van der Waals surface area contributed by atoms with Crippen molar-refractivity contribution in [3.8, 4) is 0 Å². The summed E-state index contributed by atoms with van der Waals surface area (Å²) in [5, 5.41) is 10.2. The maximum Gasteiger partial charge on any atom is 0.0816 e. The number of anilines is 1. The van der Waals surface area contributed by atoms with Crippen molar-refractivity contribution in [3.63, 3.8) is 0 Å². The van der Waals surface area contributed by atoms with Crippen molar-refractivity contribution >= 4 is 5.69 Å². The molecular weight excluding hydrogens is 188 g/mol. The van der Waals surface area contributed by atoms with Crippen molar-refractivity contribution < 1.29 is 0 Å². The van der Waals surface area contributed by atoms with Gasteiger partial charge in [-0.05, 0) is 19.1 Å². The molecule has 1 fully saturated rings. The minimum absolute atomic E-state index is 0.328. The van der Waals surface area contributed by atoms with Gasteiger partial charge in [-0.25, -0.2) is 0 Å². The molecule has 3 N–H and O–H groups in total. The highest BCUT2D eigenvalue weighted by atomic mass is 15.1. The summed E-state index contributed by atoms with van der Waals surface area (Å²) in [5.74, 6) is 0. The van der Waals surface area contributed by atoms with Crippen molar-refractivity contribution in [2.75, 3.05) is 31.5 Å². The van der Waals surface area contributed by atoms with Gasteiger partial charge >= 0.3 is 0 Å². The van der Waals surface area contributed by atoms with Gasteiger partial charge in [-0.2, -0.15) is 0 Å². The molecule has 0 radical (unpaired) electrons. The van der Waals surface area contributed by atoms with Gasteiger partial charge in [0.1, 0.15) is 0 Å². The fourth-order valence-corrected chi connectivity index (χ4v) is 1.88. The number of nitrogens with zero attached hydrogens (tertiary/aromatic N) is 1. The third-order valence-electron chi connectivity index (χ3n) is 2.58. The van der Waals surface area contributed by atoms with Crippen molar-refractivity contribution in [2.45, 2.75) is 13.0 Å². The van der Waals surface area contributed by atoms with Crippen LogP contribution in [0.1, 0.15) is 18.7 Å². The maximum absolute atomic E-state index is 4.46. The van der Waals surface area contributed by atoms with Crippen LogP contribution in [0, 0.1) is 0 Å². The van der Waals surface area contributed by atoms with Crippen LogP contribution in [-0.2, 0) is 0 Å². The molecule has 2 rings (SSSR count). The minimum atomic E-state index is 0.328. The van der Waals surface area contributed by atoms with E-state index in [0.29, 0.717) is 6.04 Å². The Bertz CT molecular complexity index is 307. The predicted octanol–water partition coefficient (Wildman–Crippen LogP) is 0.747. The van der Waals surface area contributed by atoms with Crippen LogP contribution >= 0.6 is 0 Å². The van der Waals surface area contributed by atoms with E-state index in [0.717, 1.165) is 37.6 Å². The monoisotopic (exact) mass is 206 g/mol. The molecule has 1 unspecified atom stereocenters. The first-order valence-corrected chi connectivity index (χ1v) is 5.54. The average Bonchev–Trinajstić information content (AvgIpc) is 2.31. The van der Waals surface area contributed by atoms with Gasteiger partial charge < -0.3 is 16.0 Å². The van der Waals surface area contributed by atoms with Crippen molar-refractivity contribution in [3.05, 3.63) is 24.0 Å². The normalized spacial score (nSPS) is 21.3. The topological polar surface area (TPSA) is 49.0 Å². The molecule has 1 aromatic heterocycles. The van der Waals surface area contributed by atoms with Crippen LogP contribution in [0.5, 0.6) is 0 Å². The third kappa shape index (κ3) is 2.46. The fourth-order valence-electron chi connectivity index (χ4n) is 1.88. The second kappa shape index (κ2) is 5.09. The van der Waals surface area contributed by atoms with Crippen LogP contribution in [-0.4, -0.2) is 31.2 Å². The Balaban J connectivity index is 2.17. The summed E-state index contributed by atoms with van der Waals surface area (Å²) < 4.78 is 0. The highest BCUT2D eigenvalue weighted by Crippen LogP contribution is 2.20. The summed E-state index contributed by atoms with van der Waals surface area (Å²) in [6.07, 6.45) is 1.85. The smallest absolute Gasteiger partial charge is 0.0816 e. The average molecular weight is 206 g/mol. The second-order valence-corrected chi connectivity index (χ2v) is 3.68. The SMILES string of the molecule is CCNc1cccnc1C1CNCCN1. The molecule has 1 atom stereocenters. The summed E-state index contributed by atoms with van der Waals surface area (Å²) in [4.78, 5) is 4.46. The molecule has 2 heterocycles. The Hall–Kier alpha value is -1.13. The number of nitrogens with one attached hydrogen (secondary N) is 3. The van der Waals surface area contributed by atoms with Crippen LogP contribution in [0.25, 0.3) is 0 Å². The number of pyridine rings is 1. The molecule has 0 amide bonds. The van der Waals surface area contributed by atoms with E-state index in [1.54, 1.807) is 0 Å². The zero-order chi connectivity index (χ0) is 10.5. The Kier molecular flexibility index (Phi) is 3.53. The molecule has 1 aromatic rings. The molecule has 0 spiro atoms. The number of aromatic nitrogens is 1. The molecule has 0 saturated carbocycles. The van der Waals surface area contributed by atoms with E-state index >= 15 is 0 Å². The first-order valence-electron chi connectivity index (χ1n) is 5.54. The maximum atomic E-state index is 4.46. The summed E-state index contributed by atoms with van der Waals surface area (Å²) in [5.41, 5.74) is 2.26. The lowest BCUT2D eigenvalue weighted by atomic mass is 10.1. The molecule has 0 aromatic carbocycles. The van der Waals surface area contributed by atoms with E-state index in [9.17, 15) is 0 Å². The van der Waals surface area contributed by atoms with Crippen LogP contribution in [0.4, 0.5) is 5.69 Å². The van der Waals surface area contributed by atoms with Crippen LogP contribution in [0.3, 0.4) is 0 Å². The molecule has 1 aliphatic heterocycles. The Morgan fingerprint density at radius 1 is 1.53 bits per heavy atom. The van der Waals surface area contributed by atoms with E-state index in [4.69, 9.17) is 0 Å². The summed E-state index contributed by atoms with van der Waals surface area (Å²) in [7, 11) is 0. The lowest BCUT2D eigenvalue weighted by molar-refractivity contribution is 0.424. The van der Waals surface area contributed by atoms with E-state index in [1.165, 1.54) is 0 Å². The first-order chi connectivity index (χ1) is 7.42. The highest BCUT2D eigenvalue weighted by molar-refractivity contribution is 5.49. The Labute approximate surface area is 90.5 Å². The van der Waals surface area contributed by atoms with Gasteiger partial charge in [-0.1, -0.05) is 0 Å². The van der Waals surface area contributed by atoms with Crippen molar-refractivity contribution in [1.29, 1.82) is 0 Å². The minimum Gasteiger partial charge on any atom is -0.384 e. The van der Waals surface area contributed by atoms with Gasteiger partial charge in [0.25, 0.3) is 0 Å². The van der Waals surface area contributed by atoms with E-state index in [1.807, 2.05) is 12.3 Å². The standard InChI is InChI=1S/C11H18N4/c1-2-13-9-4-3-5-15-11(9)10-8-12-6-7-14-10/h3-5,10,12-14H,2,6-8H2,1H3. The largest absolute Gasteiger partial charge is 0.384 e. The molecule has 0 aliphatic carbocycles. The Morgan fingerprint density at radius 2 is 2.47 bits per heavy atom. The molecule has 4 heteroatoms. The van der Waals surface area contributed by atoms with Gasteiger partial charge in [-0.3, -0.25) is 4.98 Å². The van der Waals surface area contributed by atoms with Crippen LogP contribution in [0.15, 0.2) is 18.3 Å². The first kappa shape index (κ1) is 10.4. The number of rotatable bonds is 3. The zero-order valence-corrected chi connectivity index (χ0v) is 9.09. The molecule has 15 heavy (non-hydrogen) atoms. The van der Waals surface area contributed by atoms with E-state index in [2.05, 4.69) is 33.9 Å². The van der Waals surface area contributed by atoms with Gasteiger partial charge in [0, 0.05) is 32.4 Å². The molecule has 1 aliphatic rings. The third-order valence-corrected chi connectivity index (χ3v) is 2.58. The second-order valence-electron chi connectivity index (χ2n) is 3.68. The van der Waals surface area contributed by atoms with E-state index < -0.39 is 0 Å². The van der Waals surface area contributed by atoms with E-state index in [-0.39, 0.29) is 0 Å². The predicted molar refractivity (Wildman–Crippen MR) is 62.0 cm³/mol. The quantitative estimate of drug-likeness (QED) is 0.683. The molecule has 82 valence electrons. The fraction of sp³-hybridized carbons (Fsp3) is 0.545. The van der Waals surface area contributed by atoms with Gasteiger partial charge in [0.05, 0.1) is 17.4 Å². The van der Waals surface area contributed by atoms with Crippen molar-refractivity contribution in [2.24, 2.45) is 0 Å². The summed E-state index contributed by atoms with van der Waals surface area (Å²) in [6, 6.07) is 4.38. The van der Waals surface area contributed by atoms with Gasteiger partial charge in [0.15, 0.2) is 0 Å². The molecule has 0 bridgehead atoms. The number of hydrogen-bond donors (Lipinski definition) is 3. The highest BCUT2D eigenvalue weighted by Gasteiger charge is 2.18. The zero-order valence-electron chi connectivity index (χ0n) is 9.09. The lowest BCUT2D eigenvalue weighted by Gasteiger charge is -2.25. The number of hydrogen-bond acceptors (Lipinski definition) is 4. The molecule has 4 nitrogen and oxygen atoms in total. The van der Waals surface area contributed by atoms with Crippen molar-refractivity contribution in [1.82, 2.24) is 15.6 Å². The molecular formula is C11H18N4. The van der Waals surface area contributed by atoms with Crippen LogP contribution < -0.4 is 16.0 Å². The Morgan fingerprint density at radius 3 is 3.20 bits per heavy atom.